The van der Waals surface area contributed by atoms with Crippen LogP contribution in [-0.4, -0.2) is 36.6 Å². The number of oxazole rings is 1. The Morgan fingerprint density at radius 1 is 1.21 bits per heavy atom. The number of amides is 1. The minimum absolute atomic E-state index is 0.0650. The van der Waals surface area contributed by atoms with Crippen molar-refractivity contribution in [1.82, 2.24) is 10.0 Å². The highest BCUT2D eigenvalue weighted by molar-refractivity contribution is 7.89. The molecule has 0 bridgehead atoms. The molecule has 3 aromatic rings. The number of nitrogens with zero attached hydrogens (tertiary/aromatic N) is 2. The van der Waals surface area contributed by atoms with Gasteiger partial charge in [0.25, 0.3) is 0 Å². The number of aromatic nitrogens is 1. The summed E-state index contributed by atoms with van der Waals surface area (Å²) in [6, 6.07) is 11.4. The van der Waals surface area contributed by atoms with Gasteiger partial charge in [-0.3, -0.25) is 10.0 Å². The molecule has 0 atom stereocenters. The normalized spacial score (nSPS) is 11.4. The molecule has 0 unspecified atom stereocenters. The van der Waals surface area contributed by atoms with Gasteiger partial charge < -0.3 is 4.42 Å². The molecule has 10 heteroatoms. The summed E-state index contributed by atoms with van der Waals surface area (Å²) in [4.78, 5) is 15.8. The van der Waals surface area contributed by atoms with Crippen molar-refractivity contribution in [1.29, 1.82) is 0 Å². The Kier molecular flexibility index (Phi) is 5.78. The van der Waals surface area contributed by atoms with Gasteiger partial charge in [0.1, 0.15) is 11.5 Å². The molecule has 29 heavy (non-hydrogen) atoms. The number of primary sulfonamides is 1. The van der Waals surface area contributed by atoms with Crippen LogP contribution in [0.2, 0.25) is 0 Å². The van der Waals surface area contributed by atoms with Gasteiger partial charge in [0.2, 0.25) is 15.9 Å². The average Bonchev–Trinajstić information content (AvgIpc) is 3.10. The van der Waals surface area contributed by atoms with Gasteiger partial charge >= 0.3 is 0 Å². The van der Waals surface area contributed by atoms with Gasteiger partial charge in [-0.2, -0.15) is 0 Å². The van der Waals surface area contributed by atoms with Crippen molar-refractivity contribution in [2.45, 2.75) is 17.7 Å². The molecule has 0 aliphatic carbocycles. The molecule has 0 radical (unpaired) electrons. The molecule has 0 aliphatic rings. The zero-order valence-electron chi connectivity index (χ0n) is 15.4. The maximum atomic E-state index is 13.3. The molecule has 1 aromatic heterocycles. The van der Waals surface area contributed by atoms with Gasteiger partial charge in [0.05, 0.1) is 4.90 Å². The van der Waals surface area contributed by atoms with E-state index in [1.807, 2.05) is 0 Å². The molecular weight excluding hydrogens is 401 g/mol. The fraction of sp³-hybridized carbons (Fsp3) is 0.158. The van der Waals surface area contributed by atoms with Gasteiger partial charge in [-0.05, 0) is 36.4 Å². The SMILES string of the molecule is CN(O)C(=O)CCc1nc(-c2ccc(F)cc2)c(-c2ccccc2S(N)(=O)=O)o1. The van der Waals surface area contributed by atoms with Crippen molar-refractivity contribution in [3.63, 3.8) is 0 Å². The number of hydrogen-bond acceptors (Lipinski definition) is 6. The molecule has 1 heterocycles. The van der Waals surface area contributed by atoms with E-state index in [-0.39, 0.29) is 40.6 Å². The quantitative estimate of drug-likeness (QED) is 0.467. The number of sulfonamides is 1. The van der Waals surface area contributed by atoms with Crippen LogP contribution in [0, 0.1) is 5.82 Å². The third-order valence-electron chi connectivity index (χ3n) is 4.14. The summed E-state index contributed by atoms with van der Waals surface area (Å²) in [6.07, 6.45) is -0.0118. The topological polar surface area (TPSA) is 127 Å². The lowest BCUT2D eigenvalue weighted by molar-refractivity contribution is -0.159. The van der Waals surface area contributed by atoms with Gasteiger partial charge in [0, 0.05) is 31.0 Å². The van der Waals surface area contributed by atoms with Crippen molar-refractivity contribution in [2.75, 3.05) is 7.05 Å². The fourth-order valence-corrected chi connectivity index (χ4v) is 3.47. The van der Waals surface area contributed by atoms with Crippen LogP contribution < -0.4 is 5.14 Å². The number of benzene rings is 2. The smallest absolute Gasteiger partial charge is 0.246 e. The number of nitrogens with two attached hydrogens (primary N) is 1. The first kappa shape index (κ1) is 20.6. The maximum absolute atomic E-state index is 13.3. The summed E-state index contributed by atoms with van der Waals surface area (Å²) >= 11 is 0. The second kappa shape index (κ2) is 8.11. The molecule has 3 N–H and O–H groups in total. The molecule has 0 spiro atoms. The molecule has 8 nitrogen and oxygen atoms in total. The van der Waals surface area contributed by atoms with E-state index in [0.29, 0.717) is 10.6 Å². The summed E-state index contributed by atoms with van der Waals surface area (Å²) in [5.41, 5.74) is 0.964. The highest BCUT2D eigenvalue weighted by Gasteiger charge is 2.23. The first-order valence-electron chi connectivity index (χ1n) is 8.50. The van der Waals surface area contributed by atoms with E-state index < -0.39 is 21.7 Å². The lowest BCUT2D eigenvalue weighted by Gasteiger charge is -2.07. The third kappa shape index (κ3) is 4.67. The Bertz CT molecular complexity index is 1140. The number of hydroxylamine groups is 2. The average molecular weight is 419 g/mol. The number of aryl methyl sites for hydroxylation is 1. The Morgan fingerprint density at radius 2 is 1.86 bits per heavy atom. The first-order chi connectivity index (χ1) is 13.7. The Balaban J connectivity index is 2.13. The van der Waals surface area contributed by atoms with E-state index >= 15 is 0 Å². The van der Waals surface area contributed by atoms with Crippen LogP contribution in [0.5, 0.6) is 0 Å². The Labute approximate surface area is 166 Å². The molecule has 2 aromatic carbocycles. The minimum Gasteiger partial charge on any atom is -0.440 e. The van der Waals surface area contributed by atoms with Crippen molar-refractivity contribution >= 4 is 15.9 Å². The van der Waals surface area contributed by atoms with Crippen molar-refractivity contribution < 1.29 is 27.2 Å². The monoisotopic (exact) mass is 419 g/mol. The second-order valence-electron chi connectivity index (χ2n) is 6.25. The largest absolute Gasteiger partial charge is 0.440 e. The number of carbonyl (C=O) groups is 1. The Morgan fingerprint density at radius 3 is 2.48 bits per heavy atom. The van der Waals surface area contributed by atoms with Crippen LogP contribution in [0.25, 0.3) is 22.6 Å². The molecule has 0 aliphatic heterocycles. The molecule has 0 saturated heterocycles. The highest BCUT2D eigenvalue weighted by atomic mass is 32.2. The first-order valence-corrected chi connectivity index (χ1v) is 10.0. The molecular formula is C19H18FN3O5S. The van der Waals surface area contributed by atoms with Gasteiger partial charge in [-0.15, -0.1) is 0 Å². The van der Waals surface area contributed by atoms with Crippen LogP contribution in [0.1, 0.15) is 12.3 Å². The zero-order valence-corrected chi connectivity index (χ0v) is 16.2. The van der Waals surface area contributed by atoms with Crippen molar-refractivity contribution in [3.05, 3.63) is 60.2 Å². The predicted octanol–water partition coefficient (Wildman–Crippen LogP) is 2.58. The highest BCUT2D eigenvalue weighted by Crippen LogP contribution is 2.36. The maximum Gasteiger partial charge on any atom is 0.246 e. The van der Waals surface area contributed by atoms with Crippen LogP contribution in [-0.2, 0) is 21.2 Å². The summed E-state index contributed by atoms with van der Waals surface area (Å²) < 4.78 is 43.1. The number of rotatable bonds is 6. The van der Waals surface area contributed by atoms with Crippen LogP contribution >= 0.6 is 0 Å². The summed E-state index contributed by atoms with van der Waals surface area (Å²) in [6.45, 7) is 0. The van der Waals surface area contributed by atoms with Gasteiger partial charge in [-0.1, -0.05) is 12.1 Å². The van der Waals surface area contributed by atoms with Gasteiger partial charge in [-0.25, -0.2) is 28.0 Å². The van der Waals surface area contributed by atoms with Crippen LogP contribution in [0.4, 0.5) is 4.39 Å². The molecule has 152 valence electrons. The Hall–Kier alpha value is -3.08. The number of halogens is 1. The van der Waals surface area contributed by atoms with Crippen LogP contribution in [0.15, 0.2) is 57.8 Å². The minimum atomic E-state index is -4.06. The molecule has 1 amide bonds. The predicted molar refractivity (Wildman–Crippen MR) is 102 cm³/mol. The summed E-state index contributed by atoms with van der Waals surface area (Å²) in [5.74, 6) is -0.710. The van der Waals surface area contributed by atoms with E-state index in [1.165, 1.54) is 49.5 Å². The van der Waals surface area contributed by atoms with Crippen molar-refractivity contribution in [2.24, 2.45) is 5.14 Å². The fourth-order valence-electron chi connectivity index (χ4n) is 2.74. The van der Waals surface area contributed by atoms with Gasteiger partial charge in [0.15, 0.2) is 11.7 Å². The summed E-state index contributed by atoms with van der Waals surface area (Å²) in [5, 5.41) is 15.0. The van der Waals surface area contributed by atoms with E-state index in [1.54, 1.807) is 6.07 Å². The number of hydrogen-bond donors (Lipinski definition) is 2. The lowest BCUT2D eigenvalue weighted by atomic mass is 10.1. The van der Waals surface area contributed by atoms with E-state index in [0.717, 1.165) is 0 Å². The van der Waals surface area contributed by atoms with Crippen LogP contribution in [0.3, 0.4) is 0 Å². The van der Waals surface area contributed by atoms with E-state index in [9.17, 15) is 22.8 Å². The standard InChI is InChI=1S/C19H18FN3O5S/c1-23(25)17(24)11-10-16-22-18(12-6-8-13(20)9-7-12)19(28-16)14-4-2-3-5-15(14)29(21,26)27/h2-9,25H,10-11H2,1H3,(H2,21,26,27). The third-order valence-corrected chi connectivity index (χ3v) is 5.11. The second-order valence-corrected chi connectivity index (χ2v) is 7.78. The zero-order chi connectivity index (χ0) is 21.2. The number of carbonyl (C=O) groups excluding carboxylic acids is 1. The molecule has 0 fully saturated rings. The van der Waals surface area contributed by atoms with E-state index in [4.69, 9.17) is 9.56 Å². The lowest BCUT2D eigenvalue weighted by Crippen LogP contribution is -2.22. The molecule has 3 rings (SSSR count). The molecule has 0 saturated carbocycles. The van der Waals surface area contributed by atoms with E-state index in [2.05, 4.69) is 4.98 Å². The summed E-state index contributed by atoms with van der Waals surface area (Å²) in [7, 11) is -2.85. The van der Waals surface area contributed by atoms with Crippen molar-refractivity contribution in [3.8, 4) is 22.6 Å².